The zero-order valence-corrected chi connectivity index (χ0v) is 19.7. The van der Waals surface area contributed by atoms with Gasteiger partial charge in [0.1, 0.15) is 5.75 Å². The van der Waals surface area contributed by atoms with Gasteiger partial charge in [0.05, 0.1) is 10.6 Å². The van der Waals surface area contributed by atoms with Gasteiger partial charge < -0.3 is 15.0 Å². The number of piperidine rings is 1. The van der Waals surface area contributed by atoms with Crippen LogP contribution in [-0.4, -0.2) is 61.7 Å². The molecule has 0 bridgehead atoms. The number of carbonyl (C=O) groups is 2. The summed E-state index contributed by atoms with van der Waals surface area (Å²) >= 11 is 0. The fraction of sp³-hybridized carbons (Fsp3) is 0.652. The van der Waals surface area contributed by atoms with Gasteiger partial charge in [-0.15, -0.1) is 0 Å². The molecule has 1 aromatic rings. The maximum atomic E-state index is 13.4. The number of sulfonamides is 1. The molecule has 0 aliphatic carbocycles. The SMILES string of the molecule is CCC1Oc2cc(S(=O)(=O)N3CCC(C(=O)N4CCCCCC4)CC3)c(C)cc2NC1=O. The molecule has 0 spiro atoms. The Morgan fingerprint density at radius 2 is 1.75 bits per heavy atom. The fourth-order valence-electron chi connectivity index (χ4n) is 4.86. The fourth-order valence-corrected chi connectivity index (χ4v) is 6.55. The van der Waals surface area contributed by atoms with E-state index in [1.807, 2.05) is 11.8 Å². The Hall–Kier alpha value is -2.13. The number of carbonyl (C=O) groups excluding carboxylic acids is 2. The predicted octanol–water partition coefficient (Wildman–Crippen LogP) is 2.91. The third-order valence-electron chi connectivity index (χ3n) is 6.81. The largest absolute Gasteiger partial charge is 0.478 e. The van der Waals surface area contributed by atoms with Crippen LogP contribution in [0.4, 0.5) is 5.69 Å². The Balaban J connectivity index is 1.47. The number of ether oxygens (including phenoxy) is 1. The first-order chi connectivity index (χ1) is 15.3. The molecule has 2 fully saturated rings. The summed E-state index contributed by atoms with van der Waals surface area (Å²) in [6.45, 7) is 5.87. The number of anilines is 1. The molecule has 1 unspecified atom stereocenters. The summed E-state index contributed by atoms with van der Waals surface area (Å²) in [5.74, 6) is 0.245. The van der Waals surface area contributed by atoms with E-state index in [-0.39, 0.29) is 22.6 Å². The van der Waals surface area contributed by atoms with Crippen molar-refractivity contribution in [1.82, 2.24) is 9.21 Å². The molecule has 1 N–H and O–H groups in total. The first-order valence-electron chi connectivity index (χ1n) is 11.7. The molecule has 3 aliphatic rings. The molecule has 0 aromatic heterocycles. The van der Waals surface area contributed by atoms with Crippen molar-refractivity contribution in [1.29, 1.82) is 0 Å². The number of hydrogen-bond donors (Lipinski definition) is 1. The quantitative estimate of drug-likeness (QED) is 0.741. The number of benzene rings is 1. The van der Waals surface area contributed by atoms with Crippen LogP contribution in [0.15, 0.2) is 17.0 Å². The second-order valence-electron chi connectivity index (χ2n) is 9.04. The van der Waals surface area contributed by atoms with E-state index >= 15 is 0 Å². The zero-order chi connectivity index (χ0) is 22.9. The van der Waals surface area contributed by atoms with E-state index in [0.29, 0.717) is 49.4 Å². The lowest BCUT2D eigenvalue weighted by atomic mass is 9.96. The molecule has 1 aromatic carbocycles. The molecule has 0 saturated carbocycles. The molecule has 9 heteroatoms. The third kappa shape index (κ3) is 4.50. The number of aryl methyl sites for hydroxylation is 1. The maximum Gasteiger partial charge on any atom is 0.265 e. The Bertz CT molecular complexity index is 978. The van der Waals surface area contributed by atoms with E-state index in [4.69, 9.17) is 4.74 Å². The van der Waals surface area contributed by atoms with Gasteiger partial charge in [-0.2, -0.15) is 4.31 Å². The van der Waals surface area contributed by atoms with Crippen LogP contribution >= 0.6 is 0 Å². The molecular weight excluding hydrogens is 430 g/mol. The van der Waals surface area contributed by atoms with Crippen molar-refractivity contribution in [2.75, 3.05) is 31.5 Å². The highest BCUT2D eigenvalue weighted by Gasteiger charge is 2.36. The molecular formula is C23H33N3O5S. The van der Waals surface area contributed by atoms with Gasteiger partial charge in [0, 0.05) is 38.2 Å². The summed E-state index contributed by atoms with van der Waals surface area (Å²) in [5.41, 5.74) is 1.06. The van der Waals surface area contributed by atoms with Crippen LogP contribution in [0.2, 0.25) is 0 Å². The second kappa shape index (κ2) is 9.39. The molecule has 4 rings (SSSR count). The summed E-state index contributed by atoms with van der Waals surface area (Å²) < 4.78 is 34.1. The van der Waals surface area contributed by atoms with Crippen LogP contribution in [0.5, 0.6) is 5.75 Å². The number of nitrogens with zero attached hydrogens (tertiary/aromatic N) is 2. The van der Waals surface area contributed by atoms with Crippen molar-refractivity contribution in [2.24, 2.45) is 5.92 Å². The molecule has 8 nitrogen and oxygen atoms in total. The highest BCUT2D eigenvalue weighted by Crippen LogP contribution is 2.36. The molecule has 2 amide bonds. The van der Waals surface area contributed by atoms with E-state index in [1.54, 1.807) is 13.0 Å². The minimum Gasteiger partial charge on any atom is -0.478 e. The third-order valence-corrected chi connectivity index (χ3v) is 8.85. The zero-order valence-electron chi connectivity index (χ0n) is 18.9. The van der Waals surface area contributed by atoms with Crippen LogP contribution in [-0.2, 0) is 19.6 Å². The van der Waals surface area contributed by atoms with Crippen LogP contribution in [0, 0.1) is 12.8 Å². The lowest BCUT2D eigenvalue weighted by Crippen LogP contribution is -2.44. The van der Waals surface area contributed by atoms with Crippen molar-refractivity contribution in [3.8, 4) is 5.75 Å². The Morgan fingerprint density at radius 3 is 2.38 bits per heavy atom. The topological polar surface area (TPSA) is 96.0 Å². The number of rotatable bonds is 4. The van der Waals surface area contributed by atoms with Gasteiger partial charge in [-0.3, -0.25) is 9.59 Å². The average molecular weight is 464 g/mol. The van der Waals surface area contributed by atoms with Gasteiger partial charge in [-0.1, -0.05) is 19.8 Å². The van der Waals surface area contributed by atoms with Crippen molar-refractivity contribution in [2.45, 2.75) is 69.8 Å². The summed E-state index contributed by atoms with van der Waals surface area (Å²) in [6, 6.07) is 3.18. The minimum atomic E-state index is -3.73. The van der Waals surface area contributed by atoms with Crippen LogP contribution in [0.1, 0.15) is 57.4 Å². The van der Waals surface area contributed by atoms with Gasteiger partial charge in [0.15, 0.2) is 6.10 Å². The first kappa shape index (κ1) is 23.0. The van der Waals surface area contributed by atoms with Gasteiger partial charge in [-0.05, 0) is 50.7 Å². The van der Waals surface area contributed by atoms with Crippen molar-refractivity contribution in [3.63, 3.8) is 0 Å². The summed E-state index contributed by atoms with van der Waals surface area (Å²) in [4.78, 5) is 27.2. The summed E-state index contributed by atoms with van der Waals surface area (Å²) in [6.07, 6.45) is 5.42. The van der Waals surface area contributed by atoms with Gasteiger partial charge in [0.25, 0.3) is 5.91 Å². The van der Waals surface area contributed by atoms with Gasteiger partial charge >= 0.3 is 0 Å². The second-order valence-corrected chi connectivity index (χ2v) is 10.9. The van der Waals surface area contributed by atoms with E-state index in [1.165, 1.54) is 23.2 Å². The lowest BCUT2D eigenvalue weighted by molar-refractivity contribution is -0.136. The van der Waals surface area contributed by atoms with E-state index in [9.17, 15) is 18.0 Å². The monoisotopic (exact) mass is 463 g/mol. The van der Waals surface area contributed by atoms with Gasteiger partial charge in [-0.25, -0.2) is 8.42 Å². The standard InChI is InChI=1S/C23H33N3O5S/c1-3-19-22(27)24-18-14-16(2)21(15-20(18)31-19)32(29,30)26-12-8-17(9-13-26)23(28)25-10-6-4-5-7-11-25/h14-15,17,19H,3-13H2,1-2H3,(H,24,27). The van der Waals surface area contributed by atoms with Crippen molar-refractivity contribution < 1.29 is 22.7 Å². The lowest BCUT2D eigenvalue weighted by Gasteiger charge is -2.34. The molecule has 0 radical (unpaired) electrons. The number of hydrogen-bond acceptors (Lipinski definition) is 5. The van der Waals surface area contributed by atoms with Crippen molar-refractivity contribution in [3.05, 3.63) is 17.7 Å². The van der Waals surface area contributed by atoms with Crippen LogP contribution in [0.3, 0.4) is 0 Å². The van der Waals surface area contributed by atoms with Crippen molar-refractivity contribution >= 4 is 27.5 Å². The molecule has 176 valence electrons. The molecule has 3 heterocycles. The normalized spacial score (nSPS) is 23.1. The first-order valence-corrected chi connectivity index (χ1v) is 13.2. The minimum absolute atomic E-state index is 0.104. The molecule has 1 atom stereocenters. The van der Waals surface area contributed by atoms with Crippen LogP contribution in [0.25, 0.3) is 0 Å². The van der Waals surface area contributed by atoms with E-state index < -0.39 is 16.1 Å². The maximum absolute atomic E-state index is 13.4. The highest BCUT2D eigenvalue weighted by atomic mass is 32.2. The average Bonchev–Trinajstić information content (AvgIpc) is 3.07. The van der Waals surface area contributed by atoms with Crippen LogP contribution < -0.4 is 10.1 Å². The Kier molecular flexibility index (Phi) is 6.76. The molecule has 2 saturated heterocycles. The molecule has 32 heavy (non-hydrogen) atoms. The van der Waals surface area contributed by atoms with E-state index in [0.717, 1.165) is 25.9 Å². The summed E-state index contributed by atoms with van der Waals surface area (Å²) in [5, 5.41) is 2.80. The summed E-state index contributed by atoms with van der Waals surface area (Å²) in [7, 11) is -3.73. The smallest absolute Gasteiger partial charge is 0.265 e. The number of likely N-dealkylation sites (tertiary alicyclic amines) is 1. The van der Waals surface area contributed by atoms with E-state index in [2.05, 4.69) is 5.32 Å². The highest BCUT2D eigenvalue weighted by molar-refractivity contribution is 7.89. The molecule has 3 aliphatic heterocycles. The number of amides is 2. The Labute approximate surface area is 190 Å². The number of nitrogens with one attached hydrogen (secondary N) is 1. The predicted molar refractivity (Wildman–Crippen MR) is 121 cm³/mol. The Morgan fingerprint density at radius 1 is 1.09 bits per heavy atom. The van der Waals surface area contributed by atoms with Gasteiger partial charge in [0.2, 0.25) is 15.9 Å². The number of fused-ring (bicyclic) bond motifs is 1.